The molecule has 0 aliphatic rings. The van der Waals surface area contributed by atoms with Crippen molar-refractivity contribution >= 4 is 35.8 Å². The number of aliphatic imine (C=N–C) groups is 1. The maximum absolute atomic E-state index is 11.7. The monoisotopic (exact) mass is 490 g/mol. The number of aryl methyl sites for hydroxylation is 1. The average Bonchev–Trinajstić information content (AvgIpc) is 2.58. The molecule has 0 bridgehead atoms. The zero-order chi connectivity index (χ0) is 19.5. The van der Waals surface area contributed by atoms with E-state index in [9.17, 15) is 4.79 Å². The molecule has 1 aromatic rings. The molecule has 0 fully saturated rings. The second-order valence-corrected chi connectivity index (χ2v) is 6.77. The lowest BCUT2D eigenvalue weighted by molar-refractivity contribution is -0.121. The van der Waals surface area contributed by atoms with E-state index in [1.807, 2.05) is 13.8 Å². The van der Waals surface area contributed by atoms with Crippen molar-refractivity contribution in [1.82, 2.24) is 16.0 Å². The molecular weight excluding hydrogens is 455 g/mol. The molecule has 3 N–H and O–H groups in total. The van der Waals surface area contributed by atoms with Crippen LogP contribution in [0.3, 0.4) is 0 Å². The molecule has 1 aromatic carbocycles. The molecule has 0 aliphatic heterocycles. The van der Waals surface area contributed by atoms with Gasteiger partial charge >= 0.3 is 0 Å². The third-order valence-electron chi connectivity index (χ3n) is 3.89. The van der Waals surface area contributed by atoms with E-state index in [1.54, 1.807) is 7.05 Å². The number of hydrogen-bond acceptors (Lipinski definition) is 3. The fourth-order valence-corrected chi connectivity index (χ4v) is 2.31. The Kier molecular flexibility index (Phi) is 12.9. The van der Waals surface area contributed by atoms with Crippen LogP contribution in [0.5, 0.6) is 5.75 Å². The number of carbonyl (C=O) groups excluding carboxylic acids is 1. The van der Waals surface area contributed by atoms with Gasteiger partial charge in [-0.2, -0.15) is 0 Å². The molecule has 1 atom stereocenters. The van der Waals surface area contributed by atoms with Gasteiger partial charge in [0.2, 0.25) is 5.91 Å². The van der Waals surface area contributed by atoms with Gasteiger partial charge in [0.15, 0.2) is 5.96 Å². The highest BCUT2D eigenvalue weighted by Crippen LogP contribution is 2.22. The van der Waals surface area contributed by atoms with E-state index >= 15 is 0 Å². The number of carbonyl (C=O) groups is 1. The van der Waals surface area contributed by atoms with Gasteiger partial charge in [-0.05, 0) is 45.7 Å². The lowest BCUT2D eigenvalue weighted by Crippen LogP contribution is -2.39. The van der Waals surface area contributed by atoms with Gasteiger partial charge in [0.1, 0.15) is 5.75 Å². The molecule has 6 nitrogen and oxygen atoms in total. The van der Waals surface area contributed by atoms with Crippen LogP contribution in [-0.4, -0.2) is 37.6 Å². The van der Waals surface area contributed by atoms with Crippen LogP contribution in [-0.2, 0) is 11.3 Å². The first-order valence-corrected chi connectivity index (χ1v) is 9.35. The number of ether oxygens (including phenoxy) is 1. The molecule has 0 aliphatic carbocycles. The number of halogens is 1. The predicted octanol–water partition coefficient (Wildman–Crippen LogP) is 3.37. The highest BCUT2D eigenvalue weighted by Gasteiger charge is 2.09. The van der Waals surface area contributed by atoms with Crippen LogP contribution in [0.4, 0.5) is 0 Å². The molecular formula is C20H35IN4O2. The number of amides is 1. The molecule has 1 unspecified atom stereocenters. The fourth-order valence-electron chi connectivity index (χ4n) is 2.31. The summed E-state index contributed by atoms with van der Waals surface area (Å²) in [6.07, 6.45) is 1.54. The van der Waals surface area contributed by atoms with Crippen molar-refractivity contribution in [2.45, 2.75) is 66.2 Å². The standard InChI is InChI=1S/C20H34N4O2.HI/c1-7-16(5)26-18-12-15(4)8-9-17(18)13-23-20(21-6)22-11-10-19(25)24-14(2)3;/h8-9,12,14,16H,7,10-11,13H2,1-6H3,(H,24,25)(H2,21,22,23);1H. The van der Waals surface area contributed by atoms with Gasteiger partial charge in [0, 0.05) is 38.2 Å². The van der Waals surface area contributed by atoms with Crippen LogP contribution < -0.4 is 20.7 Å². The van der Waals surface area contributed by atoms with Gasteiger partial charge in [-0.15, -0.1) is 24.0 Å². The number of nitrogens with one attached hydrogen (secondary N) is 3. The van der Waals surface area contributed by atoms with Gasteiger partial charge in [-0.1, -0.05) is 19.1 Å². The minimum Gasteiger partial charge on any atom is -0.490 e. The van der Waals surface area contributed by atoms with Gasteiger partial charge in [-0.25, -0.2) is 0 Å². The van der Waals surface area contributed by atoms with E-state index in [0.29, 0.717) is 25.5 Å². The number of nitrogens with zero attached hydrogens (tertiary/aromatic N) is 1. The second-order valence-electron chi connectivity index (χ2n) is 6.77. The van der Waals surface area contributed by atoms with Crippen molar-refractivity contribution in [2.24, 2.45) is 4.99 Å². The van der Waals surface area contributed by atoms with E-state index in [0.717, 1.165) is 17.7 Å². The van der Waals surface area contributed by atoms with Crippen molar-refractivity contribution in [1.29, 1.82) is 0 Å². The largest absolute Gasteiger partial charge is 0.490 e. The second kappa shape index (κ2) is 13.6. The van der Waals surface area contributed by atoms with Crippen LogP contribution in [0.25, 0.3) is 0 Å². The minimum absolute atomic E-state index is 0. The highest BCUT2D eigenvalue weighted by atomic mass is 127. The van der Waals surface area contributed by atoms with Gasteiger partial charge in [0.25, 0.3) is 0 Å². The van der Waals surface area contributed by atoms with E-state index in [-0.39, 0.29) is 42.0 Å². The molecule has 1 rings (SSSR count). The van der Waals surface area contributed by atoms with Gasteiger partial charge in [0.05, 0.1) is 6.10 Å². The van der Waals surface area contributed by atoms with Crippen molar-refractivity contribution in [2.75, 3.05) is 13.6 Å². The Morgan fingerprint density at radius 2 is 1.93 bits per heavy atom. The molecule has 0 spiro atoms. The summed E-state index contributed by atoms with van der Waals surface area (Å²) in [6, 6.07) is 6.37. The zero-order valence-corrected chi connectivity index (χ0v) is 19.7. The Hall–Kier alpha value is -1.51. The lowest BCUT2D eigenvalue weighted by atomic mass is 10.1. The topological polar surface area (TPSA) is 74.8 Å². The van der Waals surface area contributed by atoms with E-state index < -0.39 is 0 Å². The Morgan fingerprint density at radius 1 is 1.22 bits per heavy atom. The van der Waals surface area contributed by atoms with E-state index in [4.69, 9.17) is 4.74 Å². The van der Waals surface area contributed by atoms with Gasteiger partial charge in [-0.3, -0.25) is 9.79 Å². The third kappa shape index (κ3) is 10.4. The SMILES string of the molecule is CCC(C)Oc1cc(C)ccc1CNC(=NC)NCCC(=O)NC(C)C.I. The Bertz CT molecular complexity index is 606. The van der Waals surface area contributed by atoms with Crippen molar-refractivity contribution in [3.63, 3.8) is 0 Å². The van der Waals surface area contributed by atoms with Crippen molar-refractivity contribution in [3.8, 4) is 5.75 Å². The van der Waals surface area contributed by atoms with Gasteiger partial charge < -0.3 is 20.7 Å². The summed E-state index contributed by atoms with van der Waals surface area (Å²) in [5.41, 5.74) is 2.25. The van der Waals surface area contributed by atoms with Crippen molar-refractivity contribution < 1.29 is 9.53 Å². The maximum atomic E-state index is 11.7. The molecule has 1 amide bonds. The smallest absolute Gasteiger partial charge is 0.221 e. The molecule has 0 aromatic heterocycles. The molecule has 0 radical (unpaired) electrons. The first kappa shape index (κ1) is 25.5. The normalized spacial score (nSPS) is 12.2. The van der Waals surface area contributed by atoms with Crippen LogP contribution in [0.2, 0.25) is 0 Å². The molecule has 0 heterocycles. The number of guanidine groups is 1. The zero-order valence-electron chi connectivity index (χ0n) is 17.4. The fraction of sp³-hybridized carbons (Fsp3) is 0.600. The molecule has 0 saturated carbocycles. The number of benzene rings is 1. The molecule has 0 saturated heterocycles. The Morgan fingerprint density at radius 3 is 2.52 bits per heavy atom. The first-order chi connectivity index (χ1) is 12.3. The molecule has 154 valence electrons. The Balaban J connectivity index is 0.00000676. The number of rotatable bonds is 9. The Labute approximate surface area is 181 Å². The van der Waals surface area contributed by atoms with Crippen LogP contribution in [0.1, 0.15) is 51.7 Å². The summed E-state index contributed by atoms with van der Waals surface area (Å²) in [5.74, 6) is 1.60. The van der Waals surface area contributed by atoms with Crippen molar-refractivity contribution in [3.05, 3.63) is 29.3 Å². The third-order valence-corrected chi connectivity index (χ3v) is 3.89. The quantitative estimate of drug-likeness (QED) is 0.282. The molecule has 7 heteroatoms. The highest BCUT2D eigenvalue weighted by molar-refractivity contribution is 14.0. The maximum Gasteiger partial charge on any atom is 0.221 e. The summed E-state index contributed by atoms with van der Waals surface area (Å²) in [7, 11) is 1.72. The van der Waals surface area contributed by atoms with E-state index in [2.05, 4.69) is 59.9 Å². The number of hydrogen-bond donors (Lipinski definition) is 3. The summed E-state index contributed by atoms with van der Waals surface area (Å²) < 4.78 is 6.04. The lowest BCUT2D eigenvalue weighted by Gasteiger charge is -2.18. The summed E-state index contributed by atoms with van der Waals surface area (Å²) in [4.78, 5) is 15.9. The molecule has 27 heavy (non-hydrogen) atoms. The summed E-state index contributed by atoms with van der Waals surface area (Å²) in [6.45, 7) is 11.3. The minimum atomic E-state index is 0. The first-order valence-electron chi connectivity index (χ1n) is 9.35. The van der Waals surface area contributed by atoms with Crippen LogP contribution >= 0.6 is 24.0 Å². The summed E-state index contributed by atoms with van der Waals surface area (Å²) in [5, 5.41) is 9.32. The van der Waals surface area contributed by atoms with Crippen LogP contribution in [0.15, 0.2) is 23.2 Å². The summed E-state index contributed by atoms with van der Waals surface area (Å²) >= 11 is 0. The predicted molar refractivity (Wildman–Crippen MR) is 123 cm³/mol. The van der Waals surface area contributed by atoms with Crippen LogP contribution in [0, 0.1) is 6.92 Å². The average molecular weight is 490 g/mol. The van der Waals surface area contributed by atoms with E-state index in [1.165, 1.54) is 5.56 Å².